The summed E-state index contributed by atoms with van der Waals surface area (Å²) >= 11 is 1.31. The summed E-state index contributed by atoms with van der Waals surface area (Å²) in [5, 5.41) is 5.86. The summed E-state index contributed by atoms with van der Waals surface area (Å²) in [6, 6.07) is 20.3. The molecule has 152 valence electrons. The summed E-state index contributed by atoms with van der Waals surface area (Å²) in [7, 11) is 0. The van der Waals surface area contributed by atoms with Crippen molar-refractivity contribution >= 4 is 35.0 Å². The molecule has 0 saturated heterocycles. The summed E-state index contributed by atoms with van der Waals surface area (Å²) in [6.45, 7) is 3.99. The number of anilines is 2. The Kier molecular flexibility index (Phi) is 5.91. The lowest BCUT2D eigenvalue weighted by atomic mass is 10.1. The van der Waals surface area contributed by atoms with Gasteiger partial charge in [0.2, 0.25) is 11.8 Å². The zero-order chi connectivity index (χ0) is 21.1. The predicted molar refractivity (Wildman–Crippen MR) is 125 cm³/mol. The van der Waals surface area contributed by atoms with E-state index in [4.69, 9.17) is 0 Å². The average molecular weight is 417 g/mol. The molecule has 0 radical (unpaired) electrons. The summed E-state index contributed by atoms with van der Waals surface area (Å²) in [6.07, 6.45) is 0.936. The molecular weight excluding hydrogens is 392 g/mol. The van der Waals surface area contributed by atoms with Gasteiger partial charge in [0.05, 0.1) is 11.5 Å². The molecule has 2 N–H and O–H groups in total. The van der Waals surface area contributed by atoms with Gasteiger partial charge in [-0.15, -0.1) is 11.8 Å². The highest BCUT2D eigenvalue weighted by Crippen LogP contribution is 2.37. The van der Waals surface area contributed by atoms with Crippen molar-refractivity contribution < 1.29 is 9.59 Å². The van der Waals surface area contributed by atoms with Crippen LogP contribution in [0.5, 0.6) is 0 Å². The third kappa shape index (κ3) is 4.57. The number of aryl methyl sites for hydroxylation is 2. The van der Waals surface area contributed by atoms with Crippen LogP contribution >= 0.6 is 11.8 Å². The molecule has 0 spiro atoms. The zero-order valence-electron chi connectivity index (χ0n) is 17.1. The number of amides is 2. The van der Waals surface area contributed by atoms with E-state index in [-0.39, 0.29) is 23.3 Å². The van der Waals surface area contributed by atoms with Gasteiger partial charge in [-0.1, -0.05) is 48.0 Å². The molecule has 4 rings (SSSR count). The fraction of sp³-hybridized carbons (Fsp3) is 0.200. The van der Waals surface area contributed by atoms with E-state index >= 15 is 0 Å². The van der Waals surface area contributed by atoms with Gasteiger partial charge in [0.25, 0.3) is 0 Å². The predicted octanol–water partition coefficient (Wildman–Crippen LogP) is 5.19. The Bertz CT molecular complexity index is 1120. The van der Waals surface area contributed by atoms with Crippen molar-refractivity contribution in [1.82, 2.24) is 0 Å². The lowest BCUT2D eigenvalue weighted by Gasteiger charge is -2.10. The fourth-order valence-corrected chi connectivity index (χ4v) is 4.39. The summed E-state index contributed by atoms with van der Waals surface area (Å²) in [5.41, 5.74) is 8.82. The molecule has 1 aliphatic rings. The molecule has 4 nitrogen and oxygen atoms in total. The highest BCUT2D eigenvalue weighted by atomic mass is 32.2. The largest absolute Gasteiger partial charge is 0.325 e. The number of carbonyl (C=O) groups excluding carboxylic acids is 2. The van der Waals surface area contributed by atoms with Crippen LogP contribution in [0.1, 0.15) is 22.3 Å². The lowest BCUT2D eigenvalue weighted by molar-refractivity contribution is -0.114. The highest BCUT2D eigenvalue weighted by Gasteiger charge is 2.18. The molecule has 0 fully saturated rings. The Balaban J connectivity index is 1.28. The Morgan fingerprint density at radius 3 is 2.37 bits per heavy atom. The van der Waals surface area contributed by atoms with Crippen molar-refractivity contribution in [3.63, 3.8) is 0 Å². The van der Waals surface area contributed by atoms with Gasteiger partial charge < -0.3 is 10.6 Å². The molecule has 0 bridgehead atoms. The number of hydrogen-bond acceptors (Lipinski definition) is 3. The van der Waals surface area contributed by atoms with Gasteiger partial charge in [0.1, 0.15) is 0 Å². The van der Waals surface area contributed by atoms with E-state index in [0.717, 1.165) is 28.9 Å². The van der Waals surface area contributed by atoms with E-state index in [9.17, 15) is 9.59 Å². The second kappa shape index (κ2) is 8.76. The molecule has 1 aliphatic carbocycles. The maximum atomic E-state index is 12.3. The maximum Gasteiger partial charge on any atom is 0.234 e. The molecule has 0 atom stereocenters. The van der Waals surface area contributed by atoms with Crippen molar-refractivity contribution in [2.45, 2.75) is 20.3 Å². The van der Waals surface area contributed by atoms with Gasteiger partial charge in [-0.05, 0) is 66.3 Å². The average Bonchev–Trinajstić information content (AvgIpc) is 3.08. The van der Waals surface area contributed by atoms with Gasteiger partial charge in [-0.2, -0.15) is 0 Å². The smallest absolute Gasteiger partial charge is 0.234 e. The van der Waals surface area contributed by atoms with E-state index in [1.54, 1.807) is 0 Å². The third-order valence-electron chi connectivity index (χ3n) is 5.20. The minimum Gasteiger partial charge on any atom is -0.325 e. The van der Waals surface area contributed by atoms with Gasteiger partial charge >= 0.3 is 0 Å². The molecular formula is C25H24N2O2S. The van der Waals surface area contributed by atoms with E-state index in [1.807, 2.05) is 50.2 Å². The van der Waals surface area contributed by atoms with Crippen LogP contribution < -0.4 is 10.6 Å². The lowest BCUT2D eigenvalue weighted by Crippen LogP contribution is -2.18. The number of nitrogens with one attached hydrogen (secondary N) is 2. The van der Waals surface area contributed by atoms with Crippen LogP contribution in [0.3, 0.4) is 0 Å². The van der Waals surface area contributed by atoms with Gasteiger partial charge in [0.15, 0.2) is 0 Å². The van der Waals surface area contributed by atoms with Crippen LogP contribution in [0.25, 0.3) is 11.1 Å². The number of fused-ring (bicyclic) bond motifs is 3. The maximum absolute atomic E-state index is 12.3. The summed E-state index contributed by atoms with van der Waals surface area (Å²) < 4.78 is 0. The molecule has 30 heavy (non-hydrogen) atoms. The molecule has 2 amide bonds. The first-order valence-corrected chi connectivity index (χ1v) is 11.1. The number of benzene rings is 3. The van der Waals surface area contributed by atoms with Gasteiger partial charge in [-0.25, -0.2) is 0 Å². The van der Waals surface area contributed by atoms with E-state index < -0.39 is 0 Å². The normalized spacial score (nSPS) is 11.5. The van der Waals surface area contributed by atoms with Crippen LogP contribution in [-0.4, -0.2) is 23.3 Å². The van der Waals surface area contributed by atoms with Crippen LogP contribution in [-0.2, 0) is 16.0 Å². The van der Waals surface area contributed by atoms with Crippen molar-refractivity contribution in [3.8, 4) is 11.1 Å². The second-order valence-corrected chi connectivity index (χ2v) is 8.60. The van der Waals surface area contributed by atoms with E-state index in [2.05, 4.69) is 34.9 Å². The van der Waals surface area contributed by atoms with E-state index in [0.29, 0.717) is 0 Å². The van der Waals surface area contributed by atoms with Crippen molar-refractivity contribution in [3.05, 3.63) is 82.9 Å². The number of rotatable bonds is 6. The topological polar surface area (TPSA) is 58.2 Å². The van der Waals surface area contributed by atoms with Crippen LogP contribution in [0.4, 0.5) is 11.4 Å². The van der Waals surface area contributed by atoms with Gasteiger partial charge in [-0.3, -0.25) is 9.59 Å². The first-order valence-electron chi connectivity index (χ1n) is 9.95. The summed E-state index contributed by atoms with van der Waals surface area (Å²) in [5.74, 6) is 0.256. The van der Waals surface area contributed by atoms with Crippen molar-refractivity contribution in [1.29, 1.82) is 0 Å². The molecule has 0 unspecified atom stereocenters. The first kappa shape index (κ1) is 20.2. The third-order valence-corrected chi connectivity index (χ3v) is 6.14. The molecule has 0 aliphatic heterocycles. The molecule has 0 aromatic heterocycles. The second-order valence-electron chi connectivity index (χ2n) is 7.61. The molecule has 0 saturated carbocycles. The van der Waals surface area contributed by atoms with Crippen LogP contribution in [0, 0.1) is 13.8 Å². The number of thioether (sulfide) groups is 1. The summed E-state index contributed by atoms with van der Waals surface area (Å²) in [4.78, 5) is 24.5. The number of hydrogen-bond donors (Lipinski definition) is 2. The standard InChI is InChI=1S/C25H24N2O2S/c1-16-7-10-23(17(2)11-16)27-25(29)15-30-14-24(28)26-20-9-8-19-12-18-5-3-4-6-21(18)22(19)13-20/h3-11,13H,12,14-15H2,1-2H3,(H,26,28)(H,27,29). The zero-order valence-corrected chi connectivity index (χ0v) is 17.9. The molecule has 3 aromatic carbocycles. The van der Waals surface area contributed by atoms with Gasteiger partial charge in [0, 0.05) is 11.4 Å². The van der Waals surface area contributed by atoms with E-state index in [1.165, 1.54) is 34.0 Å². The van der Waals surface area contributed by atoms with Crippen molar-refractivity contribution in [2.24, 2.45) is 0 Å². The molecule has 0 heterocycles. The number of carbonyl (C=O) groups is 2. The van der Waals surface area contributed by atoms with Crippen LogP contribution in [0.15, 0.2) is 60.7 Å². The first-order chi connectivity index (χ1) is 14.5. The Hall–Kier alpha value is -3.05. The minimum absolute atomic E-state index is 0.103. The monoisotopic (exact) mass is 416 g/mol. The molecule has 5 heteroatoms. The minimum atomic E-state index is -0.106. The van der Waals surface area contributed by atoms with Crippen molar-refractivity contribution in [2.75, 3.05) is 22.1 Å². The van der Waals surface area contributed by atoms with Crippen LogP contribution in [0.2, 0.25) is 0 Å². The fourth-order valence-electron chi connectivity index (χ4n) is 3.78. The highest BCUT2D eigenvalue weighted by molar-refractivity contribution is 8.00. The Morgan fingerprint density at radius 1 is 0.833 bits per heavy atom. The quantitative estimate of drug-likeness (QED) is 0.455. The Morgan fingerprint density at radius 2 is 1.57 bits per heavy atom. The SMILES string of the molecule is Cc1ccc(NC(=O)CSCC(=O)Nc2ccc3c(c2)-c2ccccc2C3)c(C)c1. The Labute approximate surface area is 181 Å². The molecule has 3 aromatic rings.